The predicted molar refractivity (Wildman–Crippen MR) is 59.7 cm³/mol. The molecule has 0 amide bonds. The summed E-state index contributed by atoms with van der Waals surface area (Å²) in [5, 5.41) is 18.7. The van der Waals surface area contributed by atoms with Crippen molar-refractivity contribution < 1.29 is 10.2 Å². The van der Waals surface area contributed by atoms with Gasteiger partial charge in [0.15, 0.2) is 11.5 Å². The van der Waals surface area contributed by atoms with Gasteiger partial charge in [0.1, 0.15) is 0 Å². The van der Waals surface area contributed by atoms with Gasteiger partial charge in [0.25, 0.3) is 0 Å². The van der Waals surface area contributed by atoms with Crippen molar-refractivity contribution in [2.45, 2.75) is 40.0 Å². The van der Waals surface area contributed by atoms with Crippen molar-refractivity contribution in [3.63, 3.8) is 0 Å². The van der Waals surface area contributed by atoms with Gasteiger partial charge in [0.05, 0.1) is 0 Å². The molecule has 0 atom stereocenters. The fourth-order valence-corrected chi connectivity index (χ4v) is 1.34. The molecule has 0 spiro atoms. The van der Waals surface area contributed by atoms with Crippen LogP contribution in [0.4, 0.5) is 0 Å². The van der Waals surface area contributed by atoms with Crippen LogP contribution < -0.4 is 0 Å². The number of aryl methyl sites for hydroxylation is 1. The molecule has 1 aromatic rings. The van der Waals surface area contributed by atoms with Gasteiger partial charge in [-0.2, -0.15) is 0 Å². The van der Waals surface area contributed by atoms with E-state index in [1.807, 2.05) is 6.07 Å². The van der Waals surface area contributed by atoms with E-state index in [1.165, 1.54) is 12.5 Å². The Hall–Kier alpha value is -1.18. The van der Waals surface area contributed by atoms with Crippen molar-refractivity contribution >= 4 is 0 Å². The van der Waals surface area contributed by atoms with Crippen molar-refractivity contribution in [2.75, 3.05) is 0 Å². The quantitative estimate of drug-likeness (QED) is 0.572. The van der Waals surface area contributed by atoms with E-state index in [0.29, 0.717) is 0 Å². The molecule has 0 saturated heterocycles. The minimum atomic E-state index is -0.0194. The lowest BCUT2D eigenvalue weighted by Gasteiger charge is -2.04. The molecule has 0 heterocycles. The zero-order valence-electron chi connectivity index (χ0n) is 7.95. The highest BCUT2D eigenvalue weighted by Crippen LogP contribution is 2.29. The largest absolute Gasteiger partial charge is 0.504 e. The number of phenols is 2. The molecule has 80 valence electrons. The summed E-state index contributed by atoms with van der Waals surface area (Å²) in [5.41, 5.74) is 0.841. The molecule has 0 aromatic heterocycles. The number of rotatable bonds is 4. The molecule has 2 N–H and O–H groups in total. The van der Waals surface area contributed by atoms with E-state index in [-0.39, 0.29) is 18.9 Å². The first-order valence-electron chi connectivity index (χ1n) is 4.75. The lowest BCUT2D eigenvalue weighted by atomic mass is 10.1. The number of unbranched alkanes of at least 4 members (excludes halogenated alkanes) is 2. The van der Waals surface area contributed by atoms with Gasteiger partial charge in [-0.05, 0) is 24.5 Å². The fraction of sp³-hybridized carbons (Fsp3) is 0.500. The second-order valence-corrected chi connectivity index (χ2v) is 3.24. The van der Waals surface area contributed by atoms with Crippen molar-refractivity contribution in [2.24, 2.45) is 0 Å². The van der Waals surface area contributed by atoms with Crippen LogP contribution in [0.15, 0.2) is 18.2 Å². The second kappa shape index (κ2) is 6.30. The van der Waals surface area contributed by atoms with E-state index in [4.69, 9.17) is 0 Å². The van der Waals surface area contributed by atoms with Gasteiger partial charge in [-0.25, -0.2) is 0 Å². The third-order valence-corrected chi connectivity index (χ3v) is 2.15. The highest BCUT2D eigenvalue weighted by Gasteiger charge is 2.04. The fourth-order valence-electron chi connectivity index (χ4n) is 1.34. The normalized spacial score (nSPS) is 9.50. The Morgan fingerprint density at radius 1 is 1.14 bits per heavy atom. The van der Waals surface area contributed by atoms with Gasteiger partial charge in [-0.1, -0.05) is 39.3 Å². The van der Waals surface area contributed by atoms with Crippen LogP contribution in [0.5, 0.6) is 11.5 Å². The zero-order chi connectivity index (χ0) is 9.68. The van der Waals surface area contributed by atoms with Crippen LogP contribution >= 0.6 is 0 Å². The molecule has 0 radical (unpaired) electrons. The Bertz CT molecular complexity index is 269. The van der Waals surface area contributed by atoms with Crippen molar-refractivity contribution in [3.05, 3.63) is 23.8 Å². The SMILES string of the molecule is C.CCCCCc1cccc(O)c1O. The Kier molecular flexibility index (Phi) is 5.77. The minimum absolute atomic E-state index is 0. The van der Waals surface area contributed by atoms with Gasteiger partial charge in [-0.15, -0.1) is 0 Å². The smallest absolute Gasteiger partial charge is 0.160 e. The molecule has 1 aromatic carbocycles. The highest BCUT2D eigenvalue weighted by molar-refractivity contribution is 5.44. The Balaban J connectivity index is 0.00000169. The molecule has 0 aliphatic carbocycles. The third kappa shape index (κ3) is 3.29. The van der Waals surface area contributed by atoms with Crippen LogP contribution in [-0.4, -0.2) is 10.2 Å². The van der Waals surface area contributed by atoms with E-state index in [1.54, 1.807) is 6.07 Å². The molecular formula is C12H20O2. The van der Waals surface area contributed by atoms with Crippen molar-refractivity contribution in [1.29, 1.82) is 0 Å². The maximum atomic E-state index is 9.45. The Labute approximate surface area is 86.2 Å². The standard InChI is InChI=1S/C11H16O2.CH4/c1-2-3-4-6-9-7-5-8-10(12)11(9)13;/h5,7-8,12-13H,2-4,6H2,1H3;1H4. The van der Waals surface area contributed by atoms with Crippen LogP contribution in [-0.2, 0) is 6.42 Å². The number of hydrogen-bond donors (Lipinski definition) is 2. The van der Waals surface area contributed by atoms with Gasteiger partial charge in [0.2, 0.25) is 0 Å². The number of hydrogen-bond acceptors (Lipinski definition) is 2. The summed E-state index contributed by atoms with van der Waals surface area (Å²) >= 11 is 0. The molecule has 2 nitrogen and oxygen atoms in total. The van der Waals surface area contributed by atoms with Gasteiger partial charge in [-0.3, -0.25) is 0 Å². The topological polar surface area (TPSA) is 40.5 Å². The van der Waals surface area contributed by atoms with Gasteiger partial charge >= 0.3 is 0 Å². The lowest BCUT2D eigenvalue weighted by molar-refractivity contribution is 0.398. The summed E-state index contributed by atoms with van der Waals surface area (Å²) in [5.74, 6) is 0.0209. The average molecular weight is 196 g/mol. The molecule has 0 aliphatic rings. The molecule has 0 aliphatic heterocycles. The maximum absolute atomic E-state index is 9.45. The molecule has 0 unspecified atom stereocenters. The molecular weight excluding hydrogens is 176 g/mol. The summed E-state index contributed by atoms with van der Waals surface area (Å²) in [4.78, 5) is 0. The maximum Gasteiger partial charge on any atom is 0.160 e. The van der Waals surface area contributed by atoms with Crippen LogP contribution in [0.3, 0.4) is 0 Å². The first-order chi connectivity index (χ1) is 6.25. The number of aromatic hydroxyl groups is 2. The number of phenolic OH excluding ortho intramolecular Hbond substituents is 2. The summed E-state index contributed by atoms with van der Waals surface area (Å²) in [6.07, 6.45) is 4.23. The van der Waals surface area contributed by atoms with Crippen LogP contribution in [0, 0.1) is 0 Å². The first kappa shape index (κ1) is 12.8. The first-order valence-corrected chi connectivity index (χ1v) is 4.75. The molecule has 0 bridgehead atoms. The van der Waals surface area contributed by atoms with E-state index in [0.717, 1.165) is 24.8 Å². The van der Waals surface area contributed by atoms with Crippen LogP contribution in [0.25, 0.3) is 0 Å². The van der Waals surface area contributed by atoms with Crippen LogP contribution in [0.1, 0.15) is 39.2 Å². The van der Waals surface area contributed by atoms with Crippen LogP contribution in [0.2, 0.25) is 0 Å². The van der Waals surface area contributed by atoms with Gasteiger partial charge < -0.3 is 10.2 Å². The predicted octanol–water partition coefficient (Wildman–Crippen LogP) is 3.47. The average Bonchev–Trinajstić information content (AvgIpc) is 2.13. The summed E-state index contributed by atoms with van der Waals surface area (Å²) in [7, 11) is 0. The zero-order valence-corrected chi connectivity index (χ0v) is 7.95. The minimum Gasteiger partial charge on any atom is -0.504 e. The highest BCUT2D eigenvalue weighted by atomic mass is 16.3. The summed E-state index contributed by atoms with van der Waals surface area (Å²) in [6, 6.07) is 5.11. The van der Waals surface area contributed by atoms with E-state index >= 15 is 0 Å². The number of benzene rings is 1. The monoisotopic (exact) mass is 196 g/mol. The second-order valence-electron chi connectivity index (χ2n) is 3.24. The third-order valence-electron chi connectivity index (χ3n) is 2.15. The Morgan fingerprint density at radius 2 is 1.86 bits per heavy atom. The summed E-state index contributed by atoms with van der Waals surface area (Å²) < 4.78 is 0. The lowest BCUT2D eigenvalue weighted by Crippen LogP contribution is -1.86. The molecule has 0 saturated carbocycles. The van der Waals surface area contributed by atoms with Crippen molar-refractivity contribution in [1.82, 2.24) is 0 Å². The van der Waals surface area contributed by atoms with E-state index in [2.05, 4.69) is 6.92 Å². The Morgan fingerprint density at radius 3 is 2.50 bits per heavy atom. The van der Waals surface area contributed by atoms with Crippen molar-refractivity contribution in [3.8, 4) is 11.5 Å². The summed E-state index contributed by atoms with van der Waals surface area (Å²) in [6.45, 7) is 2.14. The van der Waals surface area contributed by atoms with Gasteiger partial charge in [0, 0.05) is 0 Å². The molecule has 2 heteroatoms. The molecule has 14 heavy (non-hydrogen) atoms. The molecule has 1 rings (SSSR count). The van der Waals surface area contributed by atoms with E-state index < -0.39 is 0 Å². The molecule has 0 fully saturated rings. The number of para-hydroxylation sites is 1. The van der Waals surface area contributed by atoms with E-state index in [9.17, 15) is 10.2 Å².